The van der Waals surface area contributed by atoms with Gasteiger partial charge in [0, 0.05) is 0 Å². The summed E-state index contributed by atoms with van der Waals surface area (Å²) in [6.07, 6.45) is -7.00. The van der Waals surface area contributed by atoms with E-state index in [1.54, 1.807) is 0 Å². The smallest absolute Gasteiger partial charge is 0.222 e. The lowest BCUT2D eigenvalue weighted by Crippen LogP contribution is -2.87. The van der Waals surface area contributed by atoms with E-state index in [1.807, 2.05) is 0 Å². The molecule has 1 aliphatic carbocycles. The van der Waals surface area contributed by atoms with E-state index in [0.717, 1.165) is 0 Å². The van der Waals surface area contributed by atoms with Gasteiger partial charge in [0.2, 0.25) is 11.7 Å². The summed E-state index contributed by atoms with van der Waals surface area (Å²) in [7, 11) is 0. The van der Waals surface area contributed by atoms with E-state index >= 15 is 0 Å². The number of halogens is 18. The van der Waals surface area contributed by atoms with Crippen LogP contribution in [0.2, 0.25) is 0 Å². The molecule has 1 fully saturated rings. The van der Waals surface area contributed by atoms with Gasteiger partial charge in [-0.2, -0.15) is 70.2 Å². The molecule has 0 unspecified atom stereocenters. The Balaban J connectivity index is 4.09. The highest BCUT2D eigenvalue weighted by atomic mass is 19.4. The van der Waals surface area contributed by atoms with Crippen molar-refractivity contribution in [2.24, 2.45) is 0 Å². The summed E-state index contributed by atoms with van der Waals surface area (Å²) >= 11 is 0. The van der Waals surface area contributed by atoms with Crippen LogP contribution in [0.1, 0.15) is 0 Å². The third kappa shape index (κ3) is 2.25. The molecule has 166 valence electrons. The maximum atomic E-state index is 13.9. The van der Waals surface area contributed by atoms with E-state index in [0.29, 0.717) is 0 Å². The lowest BCUT2D eigenvalue weighted by molar-refractivity contribution is -0.503. The average Bonchev–Trinajstić information content (AvgIpc) is 2.49. The zero-order valence-corrected chi connectivity index (χ0v) is 11.8. The van der Waals surface area contributed by atoms with E-state index in [-0.39, 0.29) is 0 Å². The Labute approximate surface area is 139 Å². The van der Waals surface area contributed by atoms with Crippen LogP contribution in [0.25, 0.3) is 0 Å². The molecular formula is C10F18. The first-order valence-corrected chi connectivity index (χ1v) is 5.90. The summed E-state index contributed by atoms with van der Waals surface area (Å²) in [5.74, 6) is -59.4. The molecule has 1 aliphatic rings. The highest BCUT2D eigenvalue weighted by Gasteiger charge is 3.05. The number of allylic oxidation sites excluding steroid dienone is 2. The van der Waals surface area contributed by atoms with Crippen molar-refractivity contribution in [1.82, 2.24) is 0 Å². The third-order valence-electron chi connectivity index (χ3n) is 3.59. The van der Waals surface area contributed by atoms with Gasteiger partial charge >= 0.3 is 47.4 Å². The second-order valence-electron chi connectivity index (χ2n) is 5.23. The van der Waals surface area contributed by atoms with Crippen molar-refractivity contribution in [3.05, 3.63) is 11.7 Å². The molecule has 0 atom stereocenters. The van der Waals surface area contributed by atoms with Crippen molar-refractivity contribution in [3.63, 3.8) is 0 Å². The van der Waals surface area contributed by atoms with Gasteiger partial charge in [0.15, 0.2) is 0 Å². The fourth-order valence-electron chi connectivity index (χ4n) is 2.03. The summed E-state index contributed by atoms with van der Waals surface area (Å²) in [6.45, 7) is 0. The molecule has 28 heavy (non-hydrogen) atoms. The molecular weight excluding hydrogens is 462 g/mol. The predicted molar refractivity (Wildman–Crippen MR) is 48.8 cm³/mol. The minimum absolute atomic E-state index is 4.95. The predicted octanol–water partition coefficient (Wildman–Crippen LogP) is 6.23. The monoisotopic (exact) mass is 462 g/mol. The average molecular weight is 462 g/mol. The number of rotatable bonds is 2. The van der Waals surface area contributed by atoms with Gasteiger partial charge in [0.25, 0.3) is 0 Å². The Hall–Kier alpha value is -1.52. The van der Waals surface area contributed by atoms with Gasteiger partial charge in [0.1, 0.15) is 0 Å². The van der Waals surface area contributed by atoms with E-state index in [1.165, 1.54) is 0 Å². The maximum absolute atomic E-state index is 13.9. The standard InChI is InChI=1S/C10F18/c11-1(2(12)4(15,16)17)3(13,14)5(18)6(19,20)8(23,24)10(27,28)9(25,26)7(5,21)22. The minimum atomic E-state index is -8.49. The molecule has 0 spiro atoms. The molecule has 0 nitrogen and oxygen atoms in total. The molecule has 0 aromatic heterocycles. The van der Waals surface area contributed by atoms with Gasteiger partial charge in [-0.15, -0.1) is 0 Å². The molecule has 0 aromatic rings. The summed E-state index contributed by atoms with van der Waals surface area (Å²) in [5.41, 5.74) is -8.49. The molecule has 0 aromatic carbocycles. The van der Waals surface area contributed by atoms with Crippen LogP contribution in [-0.2, 0) is 0 Å². The summed E-state index contributed by atoms with van der Waals surface area (Å²) < 4.78 is 232. The normalized spacial score (nSPS) is 28.5. The Kier molecular flexibility index (Phi) is 4.85. The third-order valence-corrected chi connectivity index (χ3v) is 3.59. The molecule has 18 heteroatoms. The molecule has 0 amide bonds. The van der Waals surface area contributed by atoms with Gasteiger partial charge in [0.05, 0.1) is 0 Å². The fraction of sp³-hybridized carbons (Fsp3) is 0.800. The highest BCUT2D eigenvalue weighted by molar-refractivity contribution is 5.35. The second-order valence-corrected chi connectivity index (χ2v) is 5.23. The van der Waals surface area contributed by atoms with Gasteiger partial charge in [-0.25, -0.2) is 8.78 Å². The molecule has 0 saturated heterocycles. The quantitative estimate of drug-likeness (QED) is 0.427. The number of alkyl halides is 16. The molecule has 1 rings (SSSR count). The lowest BCUT2D eigenvalue weighted by Gasteiger charge is -2.53. The Morgan fingerprint density at radius 3 is 0.929 bits per heavy atom. The van der Waals surface area contributed by atoms with Crippen LogP contribution in [0.5, 0.6) is 0 Å². The van der Waals surface area contributed by atoms with Gasteiger partial charge in [-0.05, 0) is 0 Å². The summed E-state index contributed by atoms with van der Waals surface area (Å²) in [6, 6.07) is 0. The van der Waals surface area contributed by atoms with Crippen LogP contribution >= 0.6 is 0 Å². The Bertz CT molecular complexity index is 647. The van der Waals surface area contributed by atoms with Crippen LogP contribution < -0.4 is 0 Å². The first-order chi connectivity index (χ1) is 11.8. The second kappa shape index (κ2) is 5.54. The van der Waals surface area contributed by atoms with Crippen LogP contribution in [-0.4, -0.2) is 47.4 Å². The van der Waals surface area contributed by atoms with E-state index in [9.17, 15) is 79.0 Å². The fourth-order valence-corrected chi connectivity index (χ4v) is 2.03. The number of hydrogen-bond acceptors (Lipinski definition) is 0. The van der Waals surface area contributed by atoms with Crippen LogP contribution in [0.4, 0.5) is 79.0 Å². The lowest BCUT2D eigenvalue weighted by atomic mass is 9.68. The zero-order valence-electron chi connectivity index (χ0n) is 11.8. The molecule has 0 radical (unpaired) electrons. The molecule has 1 saturated carbocycles. The van der Waals surface area contributed by atoms with Crippen molar-refractivity contribution in [1.29, 1.82) is 0 Å². The molecule has 0 heterocycles. The van der Waals surface area contributed by atoms with Crippen molar-refractivity contribution in [2.45, 2.75) is 47.4 Å². The zero-order chi connectivity index (χ0) is 23.2. The minimum Gasteiger partial charge on any atom is -0.222 e. The molecule has 0 bridgehead atoms. The topological polar surface area (TPSA) is 0 Å². The van der Waals surface area contributed by atoms with Crippen molar-refractivity contribution in [2.75, 3.05) is 0 Å². The Morgan fingerprint density at radius 1 is 0.429 bits per heavy atom. The van der Waals surface area contributed by atoms with Crippen LogP contribution in [0, 0.1) is 0 Å². The highest BCUT2D eigenvalue weighted by Crippen LogP contribution is 2.73. The van der Waals surface area contributed by atoms with Crippen molar-refractivity contribution >= 4 is 0 Å². The first kappa shape index (κ1) is 24.5. The van der Waals surface area contributed by atoms with Gasteiger partial charge in [-0.3, -0.25) is 0 Å². The van der Waals surface area contributed by atoms with E-state index < -0.39 is 59.0 Å². The summed E-state index contributed by atoms with van der Waals surface area (Å²) in [4.78, 5) is 0. The first-order valence-electron chi connectivity index (χ1n) is 5.90. The van der Waals surface area contributed by atoms with Crippen LogP contribution in [0.15, 0.2) is 11.7 Å². The van der Waals surface area contributed by atoms with Gasteiger partial charge in [-0.1, -0.05) is 0 Å². The largest absolute Gasteiger partial charge is 0.445 e. The summed E-state index contributed by atoms with van der Waals surface area (Å²) in [5, 5.41) is 0. The molecule has 0 aliphatic heterocycles. The van der Waals surface area contributed by atoms with Crippen molar-refractivity contribution in [3.8, 4) is 0 Å². The van der Waals surface area contributed by atoms with E-state index in [4.69, 9.17) is 0 Å². The van der Waals surface area contributed by atoms with Crippen LogP contribution in [0.3, 0.4) is 0 Å². The van der Waals surface area contributed by atoms with Gasteiger partial charge < -0.3 is 0 Å². The number of hydrogen-bond donors (Lipinski definition) is 0. The molecule has 0 N–H and O–H groups in total. The van der Waals surface area contributed by atoms with Crippen molar-refractivity contribution < 1.29 is 79.0 Å². The maximum Gasteiger partial charge on any atom is 0.445 e. The Morgan fingerprint density at radius 2 is 0.679 bits per heavy atom. The SMILES string of the molecule is FC(=C(F)C(F)(F)C1(F)C(F)(F)C(F)(F)C(F)(F)C(F)(F)C1(F)F)C(F)(F)F. The van der Waals surface area contributed by atoms with E-state index in [2.05, 4.69) is 0 Å².